The smallest absolute Gasteiger partial charge is 0.320 e. The van der Waals surface area contributed by atoms with E-state index in [0.717, 1.165) is 5.57 Å². The molecule has 154 valence electrons. The van der Waals surface area contributed by atoms with Gasteiger partial charge in [0, 0.05) is 6.07 Å². The summed E-state index contributed by atoms with van der Waals surface area (Å²) in [4.78, 5) is 16.6. The molecule has 0 saturated carbocycles. The highest BCUT2D eigenvalue weighted by Crippen LogP contribution is 2.30. The van der Waals surface area contributed by atoms with Crippen LogP contribution >= 0.6 is 0 Å². The maximum atomic E-state index is 12.3. The third-order valence-corrected chi connectivity index (χ3v) is 3.91. The number of ether oxygens (including phenoxy) is 1. The molecule has 0 radical (unpaired) electrons. The molecular formula is C20H31N5O3. The summed E-state index contributed by atoms with van der Waals surface area (Å²) in [6, 6.07) is 1.09. The zero-order valence-corrected chi connectivity index (χ0v) is 17.6. The van der Waals surface area contributed by atoms with Gasteiger partial charge in [-0.3, -0.25) is 10.4 Å². The van der Waals surface area contributed by atoms with Crippen molar-refractivity contribution in [3.05, 3.63) is 35.6 Å². The minimum atomic E-state index is -0.850. The number of anilines is 1. The van der Waals surface area contributed by atoms with Crippen molar-refractivity contribution in [1.29, 1.82) is 0 Å². The molecule has 8 heteroatoms. The molecule has 4 N–H and O–H groups in total. The van der Waals surface area contributed by atoms with Crippen LogP contribution in [0.2, 0.25) is 0 Å². The molecule has 2 rings (SSSR count). The number of allylic oxidation sites excluding steroid dienone is 2. The van der Waals surface area contributed by atoms with E-state index in [1.807, 2.05) is 52.8 Å². The highest BCUT2D eigenvalue weighted by atomic mass is 16.5. The molecule has 28 heavy (non-hydrogen) atoms. The largest absolute Gasteiger partial charge is 0.479 e. The molecule has 2 aromatic rings. The third-order valence-electron chi connectivity index (χ3n) is 3.91. The highest BCUT2D eigenvalue weighted by molar-refractivity contribution is 5.93. The van der Waals surface area contributed by atoms with Crippen LogP contribution in [0.25, 0.3) is 10.9 Å². The standard InChI is InChI=1S/C18H25N5O3.C2H6/c1-6-8-12(7-2)10(3)19-18(25)21-14-9-13-15(16(20-14)11(4)24)17(26-5)23-22-13;1-2/h6-11,24H,1-5H3,(H,22,23)(H2,19,20,21,25);1-2H3/b8-6-,12-7+;/t10-,11?;/m1./s1. The first-order chi connectivity index (χ1) is 13.4. The van der Waals surface area contributed by atoms with Crippen LogP contribution in [0.5, 0.6) is 5.88 Å². The zero-order chi connectivity index (χ0) is 21.3. The SMILES string of the molecule is C/C=C\C(=C/C)[C@@H](C)NC(=O)Nc1cc2[nH]nc(OC)c2c(C(C)O)n1.CC. The Bertz CT molecular complexity index is 840. The second-order valence-electron chi connectivity index (χ2n) is 5.83. The summed E-state index contributed by atoms with van der Waals surface area (Å²) in [5.41, 5.74) is 1.98. The Morgan fingerprint density at radius 3 is 2.54 bits per heavy atom. The van der Waals surface area contributed by atoms with E-state index < -0.39 is 12.1 Å². The summed E-state index contributed by atoms with van der Waals surface area (Å²) < 4.78 is 5.19. The zero-order valence-electron chi connectivity index (χ0n) is 17.6. The van der Waals surface area contributed by atoms with Gasteiger partial charge in [0.25, 0.3) is 0 Å². The summed E-state index contributed by atoms with van der Waals surface area (Å²) in [7, 11) is 1.49. The molecule has 2 aromatic heterocycles. The van der Waals surface area contributed by atoms with Crippen molar-refractivity contribution in [3.8, 4) is 5.88 Å². The molecule has 0 aliphatic heterocycles. The van der Waals surface area contributed by atoms with Crippen LogP contribution < -0.4 is 15.4 Å². The molecule has 1 unspecified atom stereocenters. The van der Waals surface area contributed by atoms with E-state index in [2.05, 4.69) is 25.8 Å². The van der Waals surface area contributed by atoms with Gasteiger partial charge in [-0.1, -0.05) is 32.1 Å². The third kappa shape index (κ3) is 5.56. The number of aromatic nitrogens is 3. The predicted molar refractivity (Wildman–Crippen MR) is 113 cm³/mol. The summed E-state index contributed by atoms with van der Waals surface area (Å²) in [6.07, 6.45) is 4.95. The van der Waals surface area contributed by atoms with Crippen molar-refractivity contribution in [2.24, 2.45) is 0 Å². The molecule has 2 heterocycles. The number of hydrogen-bond donors (Lipinski definition) is 4. The van der Waals surface area contributed by atoms with Gasteiger partial charge in [0.2, 0.25) is 5.88 Å². The number of nitrogens with zero attached hydrogens (tertiary/aromatic N) is 2. The number of carbonyl (C=O) groups is 1. The lowest BCUT2D eigenvalue weighted by atomic mass is 10.1. The van der Waals surface area contributed by atoms with E-state index in [4.69, 9.17) is 4.74 Å². The van der Waals surface area contributed by atoms with E-state index in [0.29, 0.717) is 28.3 Å². The van der Waals surface area contributed by atoms with Crippen LogP contribution in [0.1, 0.15) is 53.3 Å². The van der Waals surface area contributed by atoms with Gasteiger partial charge in [-0.2, -0.15) is 0 Å². The number of fused-ring (bicyclic) bond motifs is 1. The number of carbonyl (C=O) groups excluding carboxylic acids is 1. The fraction of sp³-hybridized carbons (Fsp3) is 0.450. The predicted octanol–water partition coefficient (Wildman–Crippen LogP) is 4.08. The number of aromatic amines is 1. The van der Waals surface area contributed by atoms with E-state index in [-0.39, 0.29) is 6.04 Å². The average molecular weight is 390 g/mol. The number of H-pyrrole nitrogens is 1. The molecule has 0 saturated heterocycles. The summed E-state index contributed by atoms with van der Waals surface area (Å²) >= 11 is 0. The second-order valence-corrected chi connectivity index (χ2v) is 5.83. The number of aliphatic hydroxyl groups is 1. The Labute approximate surface area is 166 Å². The van der Waals surface area contributed by atoms with Crippen molar-refractivity contribution in [3.63, 3.8) is 0 Å². The molecule has 8 nitrogen and oxygen atoms in total. The number of methoxy groups -OCH3 is 1. The van der Waals surface area contributed by atoms with Crippen LogP contribution in [0.4, 0.5) is 10.6 Å². The van der Waals surface area contributed by atoms with Gasteiger partial charge in [0.05, 0.1) is 35.9 Å². The maximum Gasteiger partial charge on any atom is 0.320 e. The number of hydrogen-bond acceptors (Lipinski definition) is 5. The van der Waals surface area contributed by atoms with Gasteiger partial charge in [0.1, 0.15) is 5.82 Å². The number of nitrogens with one attached hydrogen (secondary N) is 3. The van der Waals surface area contributed by atoms with E-state index in [9.17, 15) is 9.90 Å². The summed E-state index contributed by atoms with van der Waals surface area (Å²) in [5.74, 6) is 0.648. The van der Waals surface area contributed by atoms with Crippen LogP contribution in [0.3, 0.4) is 0 Å². The molecule has 2 atom stereocenters. The van der Waals surface area contributed by atoms with Gasteiger partial charge >= 0.3 is 6.03 Å². The number of aliphatic hydroxyl groups excluding tert-OH is 1. The molecule has 0 aliphatic rings. The maximum absolute atomic E-state index is 12.3. The first kappa shape index (κ1) is 23.2. The Morgan fingerprint density at radius 1 is 1.32 bits per heavy atom. The summed E-state index contributed by atoms with van der Waals surface area (Å²) in [5, 5.41) is 23.0. The van der Waals surface area contributed by atoms with E-state index in [1.54, 1.807) is 13.0 Å². The molecule has 0 fully saturated rings. The van der Waals surface area contributed by atoms with Crippen LogP contribution in [0, 0.1) is 0 Å². The first-order valence-electron chi connectivity index (χ1n) is 9.38. The number of urea groups is 1. The van der Waals surface area contributed by atoms with Crippen molar-refractivity contribution >= 4 is 22.8 Å². The van der Waals surface area contributed by atoms with E-state index in [1.165, 1.54) is 7.11 Å². The monoisotopic (exact) mass is 389 g/mol. The fourth-order valence-electron chi connectivity index (χ4n) is 2.67. The minimum absolute atomic E-state index is 0.164. The highest BCUT2D eigenvalue weighted by Gasteiger charge is 2.19. The molecule has 0 bridgehead atoms. The Hall–Kier alpha value is -2.87. The number of amides is 2. The first-order valence-corrected chi connectivity index (χ1v) is 9.38. The van der Waals surface area contributed by atoms with E-state index >= 15 is 0 Å². The lowest BCUT2D eigenvalue weighted by molar-refractivity contribution is 0.196. The average Bonchev–Trinajstić information content (AvgIpc) is 3.09. The Morgan fingerprint density at radius 2 is 2.00 bits per heavy atom. The van der Waals surface area contributed by atoms with Gasteiger partial charge < -0.3 is 15.2 Å². The van der Waals surface area contributed by atoms with Crippen LogP contribution in [0.15, 0.2) is 29.9 Å². The fourth-order valence-corrected chi connectivity index (χ4v) is 2.67. The Balaban J connectivity index is 0.00000190. The number of rotatable bonds is 6. The molecule has 2 amide bonds. The molecule has 0 aliphatic carbocycles. The van der Waals surface area contributed by atoms with Crippen molar-refractivity contribution in [2.75, 3.05) is 12.4 Å². The normalized spacial score (nSPS) is 13.6. The van der Waals surface area contributed by atoms with Crippen LogP contribution in [-0.4, -0.2) is 39.5 Å². The van der Waals surface area contributed by atoms with Gasteiger partial charge in [-0.15, -0.1) is 5.10 Å². The number of pyridine rings is 1. The van der Waals surface area contributed by atoms with Gasteiger partial charge in [0.15, 0.2) is 0 Å². The molecule has 0 aromatic carbocycles. The molecule has 0 spiro atoms. The molecular weight excluding hydrogens is 358 g/mol. The lowest BCUT2D eigenvalue weighted by Crippen LogP contribution is -2.37. The van der Waals surface area contributed by atoms with Crippen molar-refractivity contribution < 1.29 is 14.6 Å². The van der Waals surface area contributed by atoms with Gasteiger partial charge in [-0.05, 0) is 33.3 Å². The second kappa shape index (κ2) is 11.1. The van der Waals surface area contributed by atoms with Crippen molar-refractivity contribution in [1.82, 2.24) is 20.5 Å². The van der Waals surface area contributed by atoms with Crippen molar-refractivity contribution in [2.45, 2.75) is 53.7 Å². The minimum Gasteiger partial charge on any atom is -0.479 e. The topological polar surface area (TPSA) is 112 Å². The van der Waals surface area contributed by atoms with Crippen LogP contribution in [-0.2, 0) is 0 Å². The lowest BCUT2D eigenvalue weighted by Gasteiger charge is -2.16. The quantitative estimate of drug-likeness (QED) is 0.556. The van der Waals surface area contributed by atoms with Gasteiger partial charge in [-0.25, -0.2) is 9.78 Å². The summed E-state index contributed by atoms with van der Waals surface area (Å²) in [6.45, 7) is 11.3. The Kier molecular flexibility index (Phi) is 9.17.